The van der Waals surface area contributed by atoms with Crippen molar-refractivity contribution in [3.05, 3.63) is 35.0 Å². The van der Waals surface area contributed by atoms with Gasteiger partial charge in [0.1, 0.15) is 5.58 Å². The highest BCUT2D eigenvalue weighted by atomic mass is 35.5. The fraction of sp³-hybridized carbons (Fsp3) is 0.286. The van der Waals surface area contributed by atoms with E-state index in [4.69, 9.17) is 28.2 Å². The van der Waals surface area contributed by atoms with E-state index in [0.29, 0.717) is 15.7 Å². The Morgan fingerprint density at radius 2 is 1.95 bits per heavy atom. The van der Waals surface area contributed by atoms with Crippen molar-refractivity contribution in [2.45, 2.75) is 26.3 Å². The number of furan rings is 1. The lowest BCUT2D eigenvalue weighted by atomic mass is 10.1. The summed E-state index contributed by atoms with van der Waals surface area (Å²) in [6.45, 7) is 5.89. The minimum absolute atomic E-state index is 0.179. The lowest BCUT2D eigenvalue weighted by Gasteiger charge is -2.22. The summed E-state index contributed by atoms with van der Waals surface area (Å²) < 4.78 is 5.44. The average molecular weight is 326 g/mol. The monoisotopic (exact) mass is 325 g/mol. The maximum absolute atomic E-state index is 12.0. The Hall–Kier alpha value is -1.79. The first-order valence-corrected chi connectivity index (χ1v) is 7.11. The predicted octanol–water partition coefficient (Wildman–Crippen LogP) is 2.99. The lowest BCUT2D eigenvalue weighted by Crippen LogP contribution is -2.52. The highest BCUT2D eigenvalue weighted by Gasteiger charge is 2.14. The van der Waals surface area contributed by atoms with Crippen LogP contribution >= 0.6 is 23.8 Å². The molecule has 0 aliphatic heterocycles. The number of rotatable bonds is 1. The SMILES string of the molecule is CC(C)(C)NC(=S)NNC(=O)c1cc2cc(Cl)ccc2o1. The molecular weight excluding hydrogens is 310 g/mol. The third-order valence-corrected chi connectivity index (χ3v) is 2.92. The number of fused-ring (bicyclic) bond motifs is 1. The zero-order chi connectivity index (χ0) is 15.6. The number of hydrazine groups is 1. The first kappa shape index (κ1) is 15.6. The van der Waals surface area contributed by atoms with Crippen molar-refractivity contribution in [2.75, 3.05) is 0 Å². The molecule has 5 nitrogen and oxygen atoms in total. The van der Waals surface area contributed by atoms with E-state index in [1.807, 2.05) is 20.8 Å². The standard InChI is InChI=1S/C14H16ClN3O2S/c1-14(2,3)16-13(21)18-17-12(19)11-7-8-6-9(15)4-5-10(8)20-11/h4-7H,1-3H3,(H,17,19)(H2,16,18,21). The molecule has 0 unspecified atom stereocenters. The Kier molecular flexibility index (Phi) is 4.39. The van der Waals surface area contributed by atoms with E-state index < -0.39 is 5.91 Å². The van der Waals surface area contributed by atoms with Gasteiger partial charge in [-0.1, -0.05) is 11.6 Å². The summed E-state index contributed by atoms with van der Waals surface area (Å²) in [5, 5.41) is 4.70. The summed E-state index contributed by atoms with van der Waals surface area (Å²) in [6, 6.07) is 6.78. The van der Waals surface area contributed by atoms with Crippen LogP contribution in [0, 0.1) is 0 Å². The maximum atomic E-state index is 12.0. The Bertz CT molecular complexity index is 691. The molecule has 21 heavy (non-hydrogen) atoms. The zero-order valence-corrected chi connectivity index (χ0v) is 13.5. The Morgan fingerprint density at radius 1 is 1.24 bits per heavy atom. The summed E-state index contributed by atoms with van der Waals surface area (Å²) in [4.78, 5) is 12.0. The fourth-order valence-corrected chi connectivity index (χ4v) is 2.21. The number of hydrogen-bond donors (Lipinski definition) is 3. The highest BCUT2D eigenvalue weighted by molar-refractivity contribution is 7.80. The van der Waals surface area contributed by atoms with E-state index in [9.17, 15) is 4.79 Å². The molecular formula is C14H16ClN3O2S. The number of amides is 1. The van der Waals surface area contributed by atoms with E-state index in [1.165, 1.54) is 0 Å². The van der Waals surface area contributed by atoms with Gasteiger partial charge in [-0.05, 0) is 57.3 Å². The molecule has 0 bridgehead atoms. The van der Waals surface area contributed by atoms with Crippen LogP contribution in [0.5, 0.6) is 0 Å². The molecule has 0 radical (unpaired) electrons. The van der Waals surface area contributed by atoms with Crippen LogP contribution in [0.2, 0.25) is 5.02 Å². The molecule has 0 aliphatic carbocycles. The number of carbonyl (C=O) groups is 1. The van der Waals surface area contributed by atoms with E-state index >= 15 is 0 Å². The molecule has 1 aromatic heterocycles. The molecule has 7 heteroatoms. The Labute approximate surface area is 133 Å². The van der Waals surface area contributed by atoms with Gasteiger partial charge in [0.25, 0.3) is 0 Å². The molecule has 1 heterocycles. The topological polar surface area (TPSA) is 66.3 Å². The molecule has 2 rings (SSSR count). The van der Waals surface area contributed by atoms with Gasteiger partial charge in [-0.2, -0.15) is 0 Å². The highest BCUT2D eigenvalue weighted by Crippen LogP contribution is 2.22. The molecule has 0 saturated carbocycles. The Balaban J connectivity index is 2.01. The number of carbonyl (C=O) groups excluding carboxylic acids is 1. The Morgan fingerprint density at radius 3 is 2.62 bits per heavy atom. The predicted molar refractivity (Wildman–Crippen MR) is 87.3 cm³/mol. The zero-order valence-electron chi connectivity index (χ0n) is 11.9. The van der Waals surface area contributed by atoms with Crippen molar-refractivity contribution in [1.82, 2.24) is 16.2 Å². The second-order valence-electron chi connectivity index (χ2n) is 5.58. The van der Waals surface area contributed by atoms with E-state index in [0.717, 1.165) is 5.39 Å². The normalized spacial score (nSPS) is 11.2. The van der Waals surface area contributed by atoms with Gasteiger partial charge in [0.2, 0.25) is 0 Å². The smallest absolute Gasteiger partial charge is 0.305 e. The fourth-order valence-electron chi connectivity index (χ4n) is 1.67. The van der Waals surface area contributed by atoms with E-state index in [-0.39, 0.29) is 11.3 Å². The average Bonchev–Trinajstić information content (AvgIpc) is 2.76. The molecule has 0 spiro atoms. The minimum Gasteiger partial charge on any atom is -0.451 e. The number of benzene rings is 1. The van der Waals surface area contributed by atoms with Gasteiger partial charge >= 0.3 is 5.91 Å². The second kappa shape index (κ2) is 5.91. The van der Waals surface area contributed by atoms with Crippen LogP contribution in [0.25, 0.3) is 11.0 Å². The lowest BCUT2D eigenvalue weighted by molar-refractivity contribution is 0.0917. The summed E-state index contributed by atoms with van der Waals surface area (Å²) in [5.74, 6) is -0.237. The van der Waals surface area contributed by atoms with Crippen molar-refractivity contribution < 1.29 is 9.21 Å². The van der Waals surface area contributed by atoms with Gasteiger partial charge < -0.3 is 9.73 Å². The molecule has 112 valence electrons. The summed E-state index contributed by atoms with van der Waals surface area (Å²) in [5.41, 5.74) is 5.51. The first-order valence-electron chi connectivity index (χ1n) is 6.32. The summed E-state index contributed by atoms with van der Waals surface area (Å²) >= 11 is 11.0. The van der Waals surface area contributed by atoms with Gasteiger partial charge in [0.05, 0.1) is 0 Å². The van der Waals surface area contributed by atoms with E-state index in [2.05, 4.69) is 16.2 Å². The number of hydrogen-bond acceptors (Lipinski definition) is 3. The second-order valence-corrected chi connectivity index (χ2v) is 6.42. The van der Waals surface area contributed by atoms with Crippen LogP contribution in [0.1, 0.15) is 31.3 Å². The number of nitrogens with one attached hydrogen (secondary N) is 3. The maximum Gasteiger partial charge on any atom is 0.305 e. The van der Waals surface area contributed by atoms with Crippen molar-refractivity contribution in [2.24, 2.45) is 0 Å². The molecule has 0 atom stereocenters. The van der Waals surface area contributed by atoms with Gasteiger partial charge in [-0.15, -0.1) is 0 Å². The van der Waals surface area contributed by atoms with Crippen LogP contribution in [-0.2, 0) is 0 Å². The molecule has 0 fully saturated rings. The van der Waals surface area contributed by atoms with Crippen LogP contribution < -0.4 is 16.2 Å². The van der Waals surface area contributed by atoms with Crippen LogP contribution in [-0.4, -0.2) is 16.6 Å². The molecule has 2 aromatic rings. The third-order valence-electron chi connectivity index (χ3n) is 2.48. The summed E-state index contributed by atoms with van der Waals surface area (Å²) in [6.07, 6.45) is 0. The number of thiocarbonyl (C=S) groups is 1. The van der Waals surface area contributed by atoms with Gasteiger partial charge in [0, 0.05) is 15.9 Å². The van der Waals surface area contributed by atoms with Crippen molar-refractivity contribution in [3.63, 3.8) is 0 Å². The molecule has 1 amide bonds. The van der Waals surface area contributed by atoms with Gasteiger partial charge in [-0.3, -0.25) is 15.6 Å². The minimum atomic E-state index is -0.416. The molecule has 3 N–H and O–H groups in total. The van der Waals surface area contributed by atoms with Gasteiger partial charge in [0.15, 0.2) is 10.9 Å². The molecule has 0 saturated heterocycles. The van der Waals surface area contributed by atoms with Crippen molar-refractivity contribution in [1.29, 1.82) is 0 Å². The van der Waals surface area contributed by atoms with Crippen molar-refractivity contribution >= 4 is 45.8 Å². The number of halogens is 1. The third kappa shape index (κ3) is 4.34. The van der Waals surface area contributed by atoms with E-state index in [1.54, 1.807) is 24.3 Å². The van der Waals surface area contributed by atoms with Crippen LogP contribution in [0.4, 0.5) is 0 Å². The first-order chi connectivity index (χ1) is 9.74. The molecule has 1 aromatic carbocycles. The quantitative estimate of drug-likeness (QED) is 0.555. The largest absolute Gasteiger partial charge is 0.451 e. The van der Waals surface area contributed by atoms with Crippen LogP contribution in [0.3, 0.4) is 0 Å². The van der Waals surface area contributed by atoms with Crippen LogP contribution in [0.15, 0.2) is 28.7 Å². The molecule has 0 aliphatic rings. The summed E-state index contributed by atoms with van der Waals surface area (Å²) in [7, 11) is 0. The van der Waals surface area contributed by atoms with Crippen molar-refractivity contribution in [3.8, 4) is 0 Å². The van der Waals surface area contributed by atoms with Gasteiger partial charge in [-0.25, -0.2) is 0 Å².